The van der Waals surface area contributed by atoms with Gasteiger partial charge in [0.1, 0.15) is 6.04 Å². The van der Waals surface area contributed by atoms with Gasteiger partial charge in [-0.15, -0.1) is 0 Å². The van der Waals surface area contributed by atoms with Crippen LogP contribution in [0.15, 0.2) is 30.3 Å². The van der Waals surface area contributed by atoms with Gasteiger partial charge in [0, 0.05) is 12.0 Å². The summed E-state index contributed by atoms with van der Waals surface area (Å²) in [6.07, 6.45) is 21.8. The molecule has 0 aliphatic rings. The lowest BCUT2D eigenvalue weighted by Gasteiger charge is -2.28. The second kappa shape index (κ2) is 17.3. The lowest BCUT2D eigenvalue weighted by atomic mass is 9.99. The summed E-state index contributed by atoms with van der Waals surface area (Å²) < 4.78 is 0. The molecular weight excluding hydrogens is 330 g/mol. The van der Waals surface area contributed by atoms with Crippen molar-refractivity contribution in [1.82, 2.24) is 0 Å². The molecule has 0 amide bonds. The van der Waals surface area contributed by atoms with Gasteiger partial charge >= 0.3 is 0 Å². The first-order valence-electron chi connectivity index (χ1n) is 11.8. The Morgan fingerprint density at radius 3 is 1.48 bits per heavy atom. The van der Waals surface area contributed by atoms with Gasteiger partial charge in [0.2, 0.25) is 0 Å². The van der Waals surface area contributed by atoms with E-state index >= 15 is 0 Å². The first-order valence-corrected chi connectivity index (χ1v) is 11.8. The molecule has 0 aliphatic heterocycles. The van der Waals surface area contributed by atoms with Crippen LogP contribution in [0.4, 0.5) is 0 Å². The monoisotopic (exact) mass is 375 g/mol. The fourth-order valence-electron chi connectivity index (χ4n) is 4.01. The van der Waals surface area contributed by atoms with Crippen LogP contribution in [0.3, 0.4) is 0 Å². The van der Waals surface area contributed by atoms with Crippen LogP contribution in [-0.2, 0) is 0 Å². The molecule has 1 aromatic rings. The Morgan fingerprint density at radius 2 is 1.07 bits per heavy atom. The van der Waals surface area contributed by atoms with E-state index in [0.717, 1.165) is 6.42 Å². The summed E-state index contributed by atoms with van der Waals surface area (Å²) in [6.45, 7) is 2.29. The Labute approximate surface area is 169 Å². The highest BCUT2D eigenvalue weighted by Gasteiger charge is 2.14. The van der Waals surface area contributed by atoms with Gasteiger partial charge in [-0.2, -0.15) is 0 Å². The van der Waals surface area contributed by atoms with Gasteiger partial charge in [-0.1, -0.05) is 127 Å². The number of hydrogen-bond donors (Lipinski definition) is 1. The van der Waals surface area contributed by atoms with Gasteiger partial charge in [0.05, 0.1) is 7.05 Å². The second-order valence-electron chi connectivity index (χ2n) is 8.31. The number of hydroxylamine groups is 2. The van der Waals surface area contributed by atoms with E-state index in [1.165, 1.54) is 102 Å². The van der Waals surface area contributed by atoms with Crippen molar-refractivity contribution < 1.29 is 5.06 Å². The molecule has 0 saturated heterocycles. The molecule has 156 valence electrons. The van der Waals surface area contributed by atoms with E-state index in [-0.39, 0.29) is 6.04 Å². The maximum absolute atomic E-state index is 11.9. The summed E-state index contributed by atoms with van der Waals surface area (Å²) >= 11 is 0. The maximum Gasteiger partial charge on any atom is 0.113 e. The maximum atomic E-state index is 11.9. The predicted molar refractivity (Wildman–Crippen MR) is 119 cm³/mol. The zero-order valence-corrected chi connectivity index (χ0v) is 18.2. The van der Waals surface area contributed by atoms with Gasteiger partial charge in [0.25, 0.3) is 0 Å². The normalized spacial score (nSPS) is 13.6. The summed E-state index contributed by atoms with van der Waals surface area (Å²) in [5.74, 6) is 0. The largest absolute Gasteiger partial charge is 0.634 e. The molecule has 0 aliphatic carbocycles. The van der Waals surface area contributed by atoms with Gasteiger partial charge in [-0.05, 0) is 6.42 Å². The van der Waals surface area contributed by atoms with Crippen LogP contribution in [0.2, 0.25) is 0 Å². The molecular formula is C25H45NO. The number of nitrogens with one attached hydrogen (secondary N) is 1. The highest BCUT2D eigenvalue weighted by molar-refractivity contribution is 5.17. The van der Waals surface area contributed by atoms with E-state index in [0.29, 0.717) is 5.06 Å². The molecule has 1 aromatic carbocycles. The first kappa shape index (κ1) is 24.2. The predicted octanol–water partition coefficient (Wildman–Crippen LogP) is 7.00. The number of quaternary nitrogens is 1. The van der Waals surface area contributed by atoms with Gasteiger partial charge in [-0.25, -0.2) is 0 Å². The molecule has 2 heteroatoms. The lowest BCUT2D eigenvalue weighted by molar-refractivity contribution is -0.861. The summed E-state index contributed by atoms with van der Waals surface area (Å²) in [7, 11) is 1.74. The van der Waals surface area contributed by atoms with Crippen molar-refractivity contribution in [2.24, 2.45) is 0 Å². The van der Waals surface area contributed by atoms with E-state index in [4.69, 9.17) is 0 Å². The third-order valence-corrected chi connectivity index (χ3v) is 5.79. The molecule has 0 aromatic heterocycles. The van der Waals surface area contributed by atoms with E-state index in [9.17, 15) is 5.21 Å². The molecule has 0 saturated carbocycles. The fraction of sp³-hybridized carbons (Fsp3) is 0.760. The number of unbranched alkanes of at least 4 members (excludes halogenated alkanes) is 14. The fourth-order valence-corrected chi connectivity index (χ4v) is 4.01. The average molecular weight is 376 g/mol. The minimum atomic E-state index is 0.105. The number of hydrogen-bond acceptors (Lipinski definition) is 1. The third kappa shape index (κ3) is 13.0. The summed E-state index contributed by atoms with van der Waals surface area (Å²) in [5.41, 5.74) is 1.19. The molecule has 1 rings (SSSR count). The Balaban J connectivity index is 1.90. The lowest BCUT2D eigenvalue weighted by Crippen LogP contribution is -3.04. The summed E-state index contributed by atoms with van der Waals surface area (Å²) in [6, 6.07) is 10.4. The third-order valence-electron chi connectivity index (χ3n) is 5.79. The van der Waals surface area contributed by atoms with Crippen molar-refractivity contribution in [2.75, 3.05) is 7.05 Å². The minimum Gasteiger partial charge on any atom is -0.634 e. The standard InChI is InChI=1S/C25H45NO/c1-3-4-5-6-7-8-9-10-11-12-13-14-15-16-20-23-25(26(2)27)24-21-18-17-19-22-24/h17-19,21-22,25-26H,3-16,20,23H2,1-2H3. The van der Waals surface area contributed by atoms with Crippen molar-refractivity contribution >= 4 is 0 Å². The number of rotatable bonds is 18. The molecule has 27 heavy (non-hydrogen) atoms. The average Bonchev–Trinajstić information content (AvgIpc) is 2.68. The zero-order chi connectivity index (χ0) is 19.6. The molecule has 0 radical (unpaired) electrons. The van der Waals surface area contributed by atoms with Crippen LogP contribution in [0.25, 0.3) is 0 Å². The molecule has 1 N–H and O–H groups in total. The van der Waals surface area contributed by atoms with E-state index in [1.54, 1.807) is 7.05 Å². The summed E-state index contributed by atoms with van der Waals surface area (Å²) in [4.78, 5) is 0. The van der Waals surface area contributed by atoms with Gasteiger partial charge in [0.15, 0.2) is 0 Å². The first-order chi connectivity index (χ1) is 13.3. The summed E-state index contributed by atoms with van der Waals surface area (Å²) in [5, 5.41) is 12.2. The molecule has 2 nitrogen and oxygen atoms in total. The van der Waals surface area contributed by atoms with Crippen molar-refractivity contribution in [1.29, 1.82) is 0 Å². The molecule has 0 spiro atoms. The Morgan fingerprint density at radius 1 is 0.667 bits per heavy atom. The van der Waals surface area contributed by atoms with Gasteiger partial charge < -0.3 is 10.3 Å². The van der Waals surface area contributed by atoms with E-state index < -0.39 is 0 Å². The quantitative estimate of drug-likeness (QED) is 0.217. The van der Waals surface area contributed by atoms with E-state index in [2.05, 4.69) is 19.1 Å². The Kier molecular flexibility index (Phi) is 15.4. The van der Waals surface area contributed by atoms with Crippen molar-refractivity contribution in [2.45, 2.75) is 116 Å². The van der Waals surface area contributed by atoms with Crippen LogP contribution < -0.4 is 5.06 Å². The van der Waals surface area contributed by atoms with Crippen LogP contribution in [0, 0.1) is 5.21 Å². The molecule has 0 bridgehead atoms. The topological polar surface area (TPSA) is 27.5 Å². The van der Waals surface area contributed by atoms with Gasteiger partial charge in [-0.3, -0.25) is 0 Å². The molecule has 0 fully saturated rings. The zero-order valence-electron chi connectivity index (χ0n) is 18.2. The molecule has 2 atom stereocenters. The van der Waals surface area contributed by atoms with Crippen LogP contribution in [-0.4, -0.2) is 7.05 Å². The SMILES string of the molecule is CCCCCCCCCCCCCCCCCC(c1ccccc1)[NH+](C)[O-]. The molecule has 2 unspecified atom stereocenters. The van der Waals surface area contributed by atoms with Crippen molar-refractivity contribution in [3.05, 3.63) is 41.1 Å². The van der Waals surface area contributed by atoms with Crippen LogP contribution in [0.5, 0.6) is 0 Å². The Hall–Kier alpha value is -0.860. The van der Waals surface area contributed by atoms with Crippen molar-refractivity contribution in [3.63, 3.8) is 0 Å². The van der Waals surface area contributed by atoms with E-state index in [1.807, 2.05) is 18.2 Å². The van der Waals surface area contributed by atoms with Crippen molar-refractivity contribution in [3.8, 4) is 0 Å². The number of benzene rings is 1. The highest BCUT2D eigenvalue weighted by atomic mass is 16.5. The van der Waals surface area contributed by atoms with Crippen LogP contribution >= 0.6 is 0 Å². The second-order valence-corrected chi connectivity index (χ2v) is 8.31. The molecule has 0 heterocycles. The Bertz CT molecular complexity index is 418. The minimum absolute atomic E-state index is 0.105. The highest BCUT2D eigenvalue weighted by Crippen LogP contribution is 2.18. The smallest absolute Gasteiger partial charge is 0.113 e. The van der Waals surface area contributed by atoms with Crippen LogP contribution in [0.1, 0.15) is 121 Å².